The normalized spacial score (nSPS) is 11.0. The van der Waals surface area contributed by atoms with E-state index in [2.05, 4.69) is 10.3 Å². The second kappa shape index (κ2) is 8.32. The first-order valence-corrected chi connectivity index (χ1v) is 9.25. The number of rotatable bonds is 6. The molecule has 2 aromatic carbocycles. The number of anilines is 3. The number of carbonyl (C=O) groups is 1. The van der Waals surface area contributed by atoms with Crippen molar-refractivity contribution >= 4 is 34.4 Å². The summed E-state index contributed by atoms with van der Waals surface area (Å²) in [6.07, 6.45) is -3.92. The maximum absolute atomic E-state index is 13.1. The van der Waals surface area contributed by atoms with Crippen LogP contribution in [0.15, 0.2) is 48.5 Å². The van der Waals surface area contributed by atoms with Crippen molar-refractivity contribution in [2.45, 2.75) is 19.6 Å². The Bertz CT molecular complexity index is 1050. The first-order valence-electron chi connectivity index (χ1n) is 8.43. The third kappa shape index (κ3) is 4.73. The van der Waals surface area contributed by atoms with Crippen LogP contribution in [0.1, 0.15) is 21.6 Å². The third-order valence-corrected chi connectivity index (χ3v) is 5.11. The van der Waals surface area contributed by atoms with Crippen molar-refractivity contribution in [2.24, 2.45) is 0 Å². The van der Waals surface area contributed by atoms with E-state index in [0.29, 0.717) is 34.2 Å². The lowest BCUT2D eigenvalue weighted by Crippen LogP contribution is -2.17. The number of hydrogen-bond acceptors (Lipinski definition) is 5. The molecule has 3 rings (SSSR count). The fourth-order valence-corrected chi connectivity index (χ4v) is 3.59. The minimum absolute atomic E-state index is 0.128. The van der Waals surface area contributed by atoms with Crippen LogP contribution in [-0.2, 0) is 17.5 Å². The Morgan fingerprint density at radius 1 is 1.24 bits per heavy atom. The van der Waals surface area contributed by atoms with Crippen LogP contribution in [0, 0.1) is 18.3 Å². The molecule has 1 heterocycles. The fourth-order valence-electron chi connectivity index (χ4n) is 2.70. The van der Waals surface area contributed by atoms with Gasteiger partial charge in [0.05, 0.1) is 23.7 Å². The van der Waals surface area contributed by atoms with Gasteiger partial charge in [-0.25, -0.2) is 4.98 Å². The van der Waals surface area contributed by atoms with Gasteiger partial charge in [0.15, 0.2) is 5.13 Å². The number of amides is 1. The molecule has 1 aromatic heterocycles. The predicted octanol–water partition coefficient (Wildman–Crippen LogP) is 5.25. The van der Waals surface area contributed by atoms with Gasteiger partial charge in [0.1, 0.15) is 5.82 Å². The van der Waals surface area contributed by atoms with E-state index in [0.717, 1.165) is 17.0 Å². The van der Waals surface area contributed by atoms with E-state index in [1.54, 1.807) is 42.2 Å². The summed E-state index contributed by atoms with van der Waals surface area (Å²) >= 11 is 1.30. The maximum Gasteiger partial charge on any atom is 0.416 e. The molecule has 1 N–H and O–H groups in total. The number of nitriles is 1. The van der Waals surface area contributed by atoms with E-state index in [4.69, 9.17) is 5.26 Å². The van der Waals surface area contributed by atoms with E-state index in [1.807, 2.05) is 6.07 Å². The van der Waals surface area contributed by atoms with E-state index >= 15 is 0 Å². The number of nitrogens with zero attached hydrogens (tertiary/aromatic N) is 3. The molecular formula is C20H15F3N4OS. The highest BCUT2D eigenvalue weighted by atomic mass is 32.1. The second-order valence-corrected chi connectivity index (χ2v) is 7.29. The number of benzene rings is 2. The number of thiazole rings is 1. The zero-order valence-electron chi connectivity index (χ0n) is 15.2. The molecule has 0 bridgehead atoms. The average Bonchev–Trinajstić information content (AvgIpc) is 3.06. The van der Waals surface area contributed by atoms with Gasteiger partial charge in [-0.15, -0.1) is 0 Å². The summed E-state index contributed by atoms with van der Waals surface area (Å²) in [6.45, 7) is 1.91. The molecule has 0 saturated carbocycles. The van der Waals surface area contributed by atoms with Crippen molar-refractivity contribution in [2.75, 3.05) is 10.2 Å². The van der Waals surface area contributed by atoms with Gasteiger partial charge in [0, 0.05) is 10.6 Å². The summed E-state index contributed by atoms with van der Waals surface area (Å²) in [7, 11) is 0. The molecule has 29 heavy (non-hydrogen) atoms. The first kappa shape index (κ1) is 20.4. The number of carbonyl (C=O) groups excluding carboxylic acids is 1. The molecular weight excluding hydrogens is 401 g/mol. The molecule has 0 fully saturated rings. The van der Waals surface area contributed by atoms with Gasteiger partial charge in [-0.1, -0.05) is 23.5 Å². The van der Waals surface area contributed by atoms with E-state index in [1.165, 1.54) is 17.4 Å². The topological polar surface area (TPSA) is 69.0 Å². The SMILES string of the molecule is Cc1sc(N(Cc2cccc(C(F)(F)F)c2)c2ccc(C#N)cc2)nc1NC=O. The van der Waals surface area contributed by atoms with Crippen molar-refractivity contribution in [3.63, 3.8) is 0 Å². The number of hydrogen-bond donors (Lipinski definition) is 1. The number of aryl methyl sites for hydroxylation is 1. The van der Waals surface area contributed by atoms with Gasteiger partial charge in [-0.3, -0.25) is 4.79 Å². The van der Waals surface area contributed by atoms with Crippen molar-refractivity contribution < 1.29 is 18.0 Å². The molecule has 0 unspecified atom stereocenters. The molecule has 0 radical (unpaired) electrons. The highest BCUT2D eigenvalue weighted by molar-refractivity contribution is 7.16. The summed E-state index contributed by atoms with van der Waals surface area (Å²) in [5.74, 6) is 0.391. The van der Waals surface area contributed by atoms with Crippen molar-refractivity contribution in [1.29, 1.82) is 5.26 Å². The molecule has 5 nitrogen and oxygen atoms in total. The molecule has 148 valence electrons. The predicted molar refractivity (Wildman–Crippen MR) is 105 cm³/mol. The Morgan fingerprint density at radius 2 is 1.97 bits per heavy atom. The van der Waals surface area contributed by atoms with Crippen LogP contribution in [0.4, 0.5) is 29.8 Å². The van der Waals surface area contributed by atoms with E-state index in [-0.39, 0.29) is 6.54 Å². The highest BCUT2D eigenvalue weighted by Gasteiger charge is 2.30. The molecule has 1 amide bonds. The lowest BCUT2D eigenvalue weighted by atomic mass is 10.1. The fraction of sp³-hybridized carbons (Fsp3) is 0.150. The summed E-state index contributed by atoms with van der Waals surface area (Å²) < 4.78 is 39.2. The zero-order chi connectivity index (χ0) is 21.0. The Labute approximate surface area is 169 Å². The van der Waals surface area contributed by atoms with Crippen LogP contribution in [0.5, 0.6) is 0 Å². The van der Waals surface area contributed by atoms with Crippen molar-refractivity contribution in [3.8, 4) is 6.07 Å². The molecule has 0 aliphatic rings. The van der Waals surface area contributed by atoms with Crippen LogP contribution in [-0.4, -0.2) is 11.4 Å². The number of aromatic nitrogens is 1. The smallest absolute Gasteiger partial charge is 0.313 e. The summed E-state index contributed by atoms with van der Waals surface area (Å²) in [5.41, 5.74) is 0.842. The molecule has 0 atom stereocenters. The van der Waals surface area contributed by atoms with E-state index in [9.17, 15) is 18.0 Å². The monoisotopic (exact) mass is 416 g/mol. The van der Waals surface area contributed by atoms with Crippen LogP contribution in [0.2, 0.25) is 0 Å². The summed E-state index contributed by atoms with van der Waals surface area (Å²) in [6, 6.07) is 13.8. The third-order valence-electron chi connectivity index (χ3n) is 4.11. The van der Waals surface area contributed by atoms with Crippen LogP contribution < -0.4 is 10.2 Å². The molecule has 3 aromatic rings. The minimum atomic E-state index is -4.44. The summed E-state index contributed by atoms with van der Waals surface area (Å²) in [4.78, 5) is 17.7. The molecule has 0 saturated heterocycles. The largest absolute Gasteiger partial charge is 0.416 e. The van der Waals surface area contributed by atoms with Crippen LogP contribution in [0.3, 0.4) is 0 Å². The van der Waals surface area contributed by atoms with Crippen LogP contribution >= 0.6 is 11.3 Å². The molecule has 0 spiro atoms. The minimum Gasteiger partial charge on any atom is -0.313 e. The Balaban J connectivity index is 2.02. The molecule has 9 heteroatoms. The van der Waals surface area contributed by atoms with Gasteiger partial charge in [0.25, 0.3) is 0 Å². The molecule has 0 aliphatic carbocycles. The van der Waals surface area contributed by atoms with Crippen LogP contribution in [0.25, 0.3) is 0 Å². The average molecular weight is 416 g/mol. The molecule has 0 aliphatic heterocycles. The number of nitrogens with one attached hydrogen (secondary N) is 1. The van der Waals surface area contributed by atoms with Gasteiger partial charge >= 0.3 is 6.18 Å². The van der Waals surface area contributed by atoms with Crippen molar-refractivity contribution in [3.05, 3.63) is 70.1 Å². The quantitative estimate of drug-likeness (QED) is 0.558. The van der Waals surface area contributed by atoms with E-state index < -0.39 is 11.7 Å². The van der Waals surface area contributed by atoms with Gasteiger partial charge in [-0.2, -0.15) is 18.4 Å². The lowest BCUT2D eigenvalue weighted by Gasteiger charge is -2.22. The first-order chi connectivity index (χ1) is 13.8. The lowest BCUT2D eigenvalue weighted by molar-refractivity contribution is -0.137. The Kier molecular flexibility index (Phi) is 5.84. The zero-order valence-corrected chi connectivity index (χ0v) is 16.0. The van der Waals surface area contributed by atoms with Gasteiger partial charge in [0.2, 0.25) is 6.41 Å². The van der Waals surface area contributed by atoms with Gasteiger partial charge < -0.3 is 10.2 Å². The second-order valence-electron chi connectivity index (χ2n) is 6.11. The maximum atomic E-state index is 13.1. The highest BCUT2D eigenvalue weighted by Crippen LogP contribution is 2.36. The standard InChI is InChI=1S/C20H15F3N4OS/c1-13-18(25-12-28)26-19(29-13)27(17-7-5-14(10-24)6-8-17)11-15-3-2-4-16(9-15)20(21,22)23/h2-9,12H,11H2,1H3,(H,25,28). The Hall–Kier alpha value is -3.38. The summed E-state index contributed by atoms with van der Waals surface area (Å²) in [5, 5.41) is 12.0. The van der Waals surface area contributed by atoms with Gasteiger partial charge in [-0.05, 0) is 48.9 Å². The van der Waals surface area contributed by atoms with Crippen molar-refractivity contribution in [1.82, 2.24) is 4.98 Å². The number of halogens is 3. The Morgan fingerprint density at radius 3 is 2.59 bits per heavy atom. The number of alkyl halides is 3.